The van der Waals surface area contributed by atoms with Crippen LogP contribution in [0.25, 0.3) is 0 Å². The van der Waals surface area contributed by atoms with Crippen molar-refractivity contribution >= 4 is 17.4 Å². The molecule has 0 aliphatic rings. The first kappa shape index (κ1) is 24.6. The van der Waals surface area contributed by atoms with Crippen LogP contribution in [0.3, 0.4) is 0 Å². The average Bonchev–Trinajstić information content (AvgIpc) is 2.68. The first-order valence-electron chi connectivity index (χ1n) is 11.0. The highest BCUT2D eigenvalue weighted by atomic mass is 35.5. The molecule has 0 aromatic heterocycles. The molecule has 0 aliphatic carbocycles. The summed E-state index contributed by atoms with van der Waals surface area (Å²) in [6, 6.07) is 12.3. The van der Waals surface area contributed by atoms with Crippen molar-refractivity contribution in [2.24, 2.45) is 5.92 Å². The lowest BCUT2D eigenvalue weighted by Crippen LogP contribution is -2.19. The van der Waals surface area contributed by atoms with Crippen LogP contribution in [0.2, 0.25) is 5.02 Å². The maximum absolute atomic E-state index is 12.7. The Bertz CT molecular complexity index is 843. The minimum Gasteiger partial charge on any atom is -0.396 e. The number of hydrogen-bond donors (Lipinski definition) is 1. The van der Waals surface area contributed by atoms with Crippen molar-refractivity contribution in [3.05, 3.63) is 69.2 Å². The van der Waals surface area contributed by atoms with Gasteiger partial charge in [-0.15, -0.1) is 0 Å². The molecule has 0 fully saturated rings. The summed E-state index contributed by atoms with van der Waals surface area (Å²) in [6.45, 7) is 13.2. The van der Waals surface area contributed by atoms with E-state index in [-0.39, 0.29) is 29.6 Å². The average molecular weight is 429 g/mol. The number of aliphatic hydroxyl groups excluding tert-OH is 1. The molecule has 2 atom stereocenters. The molecule has 0 saturated carbocycles. The monoisotopic (exact) mass is 428 g/mol. The number of ketones is 1. The van der Waals surface area contributed by atoms with Crippen LogP contribution in [0.5, 0.6) is 0 Å². The molecule has 164 valence electrons. The fraction of sp³-hybridized carbons (Fsp3) is 0.519. The van der Waals surface area contributed by atoms with E-state index in [1.807, 2.05) is 25.1 Å². The van der Waals surface area contributed by atoms with E-state index in [0.29, 0.717) is 17.9 Å². The highest BCUT2D eigenvalue weighted by Gasteiger charge is 2.23. The molecule has 0 heterocycles. The second-order valence-electron chi connectivity index (χ2n) is 9.81. The van der Waals surface area contributed by atoms with Crippen molar-refractivity contribution in [3.63, 3.8) is 0 Å². The Balaban J connectivity index is 2.18. The summed E-state index contributed by atoms with van der Waals surface area (Å²) in [5.41, 5.74) is 6.05. The molecule has 2 rings (SSSR count). The molecule has 0 radical (unpaired) electrons. The molecule has 1 N–H and O–H groups in total. The van der Waals surface area contributed by atoms with Crippen molar-refractivity contribution in [3.8, 4) is 0 Å². The third-order valence-electron chi connectivity index (χ3n) is 6.00. The Hall–Kier alpha value is -1.64. The van der Waals surface area contributed by atoms with Gasteiger partial charge in [-0.25, -0.2) is 0 Å². The van der Waals surface area contributed by atoms with Gasteiger partial charge in [0, 0.05) is 24.5 Å². The summed E-state index contributed by atoms with van der Waals surface area (Å²) in [6.07, 6.45) is 2.61. The Morgan fingerprint density at radius 1 is 1.07 bits per heavy atom. The minimum atomic E-state index is 0.0393. The molecule has 2 aromatic rings. The molecular formula is C27H37ClO2. The lowest BCUT2D eigenvalue weighted by atomic mass is 9.77. The van der Waals surface area contributed by atoms with Gasteiger partial charge in [0.15, 0.2) is 0 Å². The maximum Gasteiger partial charge on any atom is 0.137 e. The Labute approximate surface area is 187 Å². The van der Waals surface area contributed by atoms with E-state index >= 15 is 0 Å². The number of aryl methyl sites for hydroxylation is 1. The number of benzene rings is 2. The summed E-state index contributed by atoms with van der Waals surface area (Å²) in [4.78, 5) is 12.7. The van der Waals surface area contributed by atoms with Crippen LogP contribution >= 0.6 is 11.6 Å². The quantitative estimate of drug-likeness (QED) is 0.476. The Morgan fingerprint density at radius 2 is 1.73 bits per heavy atom. The number of rotatable bonds is 9. The third kappa shape index (κ3) is 6.43. The van der Waals surface area contributed by atoms with E-state index in [9.17, 15) is 9.90 Å². The zero-order valence-electron chi connectivity index (χ0n) is 19.4. The van der Waals surface area contributed by atoms with Crippen molar-refractivity contribution in [1.82, 2.24) is 0 Å². The number of aliphatic hydroxyl groups is 1. The Kier molecular flexibility index (Phi) is 8.70. The molecule has 0 aliphatic heterocycles. The summed E-state index contributed by atoms with van der Waals surface area (Å²) in [5.74, 6) is 0.726. The fourth-order valence-corrected chi connectivity index (χ4v) is 4.41. The van der Waals surface area contributed by atoms with Crippen LogP contribution in [-0.2, 0) is 23.1 Å². The fourth-order valence-electron chi connectivity index (χ4n) is 4.12. The summed E-state index contributed by atoms with van der Waals surface area (Å²) in [7, 11) is 0. The van der Waals surface area contributed by atoms with Crippen molar-refractivity contribution < 1.29 is 9.90 Å². The van der Waals surface area contributed by atoms with Gasteiger partial charge >= 0.3 is 0 Å². The van der Waals surface area contributed by atoms with Gasteiger partial charge in [-0.05, 0) is 70.9 Å². The van der Waals surface area contributed by atoms with Crippen LogP contribution in [-0.4, -0.2) is 17.5 Å². The van der Waals surface area contributed by atoms with E-state index in [4.69, 9.17) is 11.6 Å². The molecule has 0 amide bonds. The van der Waals surface area contributed by atoms with Gasteiger partial charge in [0.1, 0.15) is 5.78 Å². The Morgan fingerprint density at radius 3 is 2.33 bits per heavy atom. The summed E-state index contributed by atoms with van der Waals surface area (Å²) in [5, 5.41) is 10.3. The highest BCUT2D eigenvalue weighted by molar-refractivity contribution is 6.31. The number of Topliss-reactive ketones (excluding diaryl/α,β-unsaturated/α-hetero) is 1. The van der Waals surface area contributed by atoms with Crippen LogP contribution in [0.4, 0.5) is 0 Å². The summed E-state index contributed by atoms with van der Waals surface area (Å²) < 4.78 is 0. The molecule has 0 spiro atoms. The van der Waals surface area contributed by atoms with E-state index in [0.717, 1.165) is 24.0 Å². The molecule has 30 heavy (non-hydrogen) atoms. The SMILES string of the molecule is Cc1cccc(Cl)c1CC(=O)CC[C@@H](C)c1cccc(C(C)(C)C)c1C[C@@H](C)CO. The van der Waals surface area contributed by atoms with Crippen LogP contribution in [0.15, 0.2) is 36.4 Å². The van der Waals surface area contributed by atoms with Gasteiger partial charge in [0.25, 0.3) is 0 Å². The molecular weight excluding hydrogens is 392 g/mol. The lowest BCUT2D eigenvalue weighted by Gasteiger charge is -2.28. The van der Waals surface area contributed by atoms with Gasteiger partial charge < -0.3 is 5.11 Å². The number of halogens is 1. The lowest BCUT2D eigenvalue weighted by molar-refractivity contribution is -0.118. The molecule has 2 aromatic carbocycles. The van der Waals surface area contributed by atoms with Crippen molar-refractivity contribution in [2.45, 2.75) is 78.6 Å². The topological polar surface area (TPSA) is 37.3 Å². The van der Waals surface area contributed by atoms with Crippen LogP contribution in [0, 0.1) is 12.8 Å². The molecule has 0 saturated heterocycles. The van der Waals surface area contributed by atoms with E-state index in [1.54, 1.807) is 0 Å². The first-order chi connectivity index (χ1) is 14.0. The van der Waals surface area contributed by atoms with E-state index in [1.165, 1.54) is 16.7 Å². The molecule has 3 heteroatoms. The second-order valence-corrected chi connectivity index (χ2v) is 10.2. The molecule has 0 bridgehead atoms. The maximum atomic E-state index is 12.7. The zero-order chi connectivity index (χ0) is 22.5. The zero-order valence-corrected chi connectivity index (χ0v) is 20.1. The van der Waals surface area contributed by atoms with E-state index < -0.39 is 0 Å². The van der Waals surface area contributed by atoms with Crippen LogP contribution < -0.4 is 0 Å². The predicted octanol–water partition coefficient (Wildman–Crippen LogP) is 6.81. The van der Waals surface area contributed by atoms with E-state index in [2.05, 4.69) is 52.8 Å². The number of carbonyl (C=O) groups excluding carboxylic acids is 1. The smallest absolute Gasteiger partial charge is 0.137 e. The number of carbonyl (C=O) groups is 1. The second kappa shape index (κ2) is 10.6. The third-order valence-corrected chi connectivity index (χ3v) is 6.35. The van der Waals surface area contributed by atoms with Crippen LogP contribution in [0.1, 0.15) is 81.2 Å². The first-order valence-corrected chi connectivity index (χ1v) is 11.4. The van der Waals surface area contributed by atoms with Crippen molar-refractivity contribution in [2.75, 3.05) is 6.61 Å². The molecule has 2 nitrogen and oxygen atoms in total. The predicted molar refractivity (Wildman–Crippen MR) is 128 cm³/mol. The van der Waals surface area contributed by atoms with Gasteiger partial charge in [-0.3, -0.25) is 4.79 Å². The van der Waals surface area contributed by atoms with Crippen molar-refractivity contribution in [1.29, 1.82) is 0 Å². The largest absolute Gasteiger partial charge is 0.396 e. The summed E-state index contributed by atoms with van der Waals surface area (Å²) >= 11 is 6.30. The molecule has 0 unspecified atom stereocenters. The van der Waals surface area contributed by atoms with Gasteiger partial charge in [-0.2, -0.15) is 0 Å². The number of hydrogen-bond acceptors (Lipinski definition) is 2. The van der Waals surface area contributed by atoms with Gasteiger partial charge in [0.2, 0.25) is 0 Å². The standard InChI is InChI=1S/C27H37ClO2/c1-18(17-29)15-24-22(10-8-11-25(24)27(4,5)6)20(3)13-14-21(30)16-23-19(2)9-7-12-26(23)28/h7-12,18,20,29H,13-17H2,1-6H3/t18-,20-/m1/s1. The highest BCUT2D eigenvalue weighted by Crippen LogP contribution is 2.34. The van der Waals surface area contributed by atoms with Gasteiger partial charge in [-0.1, -0.05) is 76.6 Å². The minimum absolute atomic E-state index is 0.0393. The normalized spacial score (nSPS) is 13.9. The van der Waals surface area contributed by atoms with Gasteiger partial charge in [0.05, 0.1) is 0 Å².